The highest BCUT2D eigenvalue weighted by Crippen LogP contribution is 2.39. The van der Waals surface area contributed by atoms with Crippen LogP contribution < -0.4 is 0 Å². The molecule has 1 aromatic rings. The van der Waals surface area contributed by atoms with E-state index >= 15 is 0 Å². The van der Waals surface area contributed by atoms with Crippen LogP contribution >= 0.6 is 11.6 Å². The number of rotatable bonds is 2. The third-order valence-electron chi connectivity index (χ3n) is 4.49. The minimum absolute atomic E-state index is 0.126. The second-order valence-electron chi connectivity index (χ2n) is 6.46. The van der Waals surface area contributed by atoms with Crippen molar-refractivity contribution in [2.75, 3.05) is 13.1 Å². The largest absolute Gasteiger partial charge is 0.417 e. The van der Waals surface area contributed by atoms with E-state index in [9.17, 15) is 23.1 Å². The SMILES string of the molecule is CC(C)(C(=O)N1CCC(O)(C(F)(F)F)CC1)c1cccc(Cl)c1. The first-order valence-corrected chi connectivity index (χ1v) is 7.70. The van der Waals surface area contributed by atoms with Crippen LogP contribution in [-0.2, 0) is 10.2 Å². The van der Waals surface area contributed by atoms with Crippen LogP contribution in [0.2, 0.25) is 5.02 Å². The molecule has 1 N–H and O–H groups in total. The maximum Gasteiger partial charge on any atom is 0.417 e. The van der Waals surface area contributed by atoms with Gasteiger partial charge in [-0.2, -0.15) is 13.2 Å². The predicted octanol–water partition coefficient (Wildman–Crippen LogP) is 3.53. The van der Waals surface area contributed by atoms with Crippen LogP contribution in [0.15, 0.2) is 24.3 Å². The number of hydrogen-bond acceptors (Lipinski definition) is 2. The van der Waals surface area contributed by atoms with E-state index in [1.807, 2.05) is 0 Å². The van der Waals surface area contributed by atoms with Crippen molar-refractivity contribution < 1.29 is 23.1 Å². The van der Waals surface area contributed by atoms with E-state index in [1.165, 1.54) is 4.90 Å². The van der Waals surface area contributed by atoms with Gasteiger partial charge in [-0.3, -0.25) is 4.79 Å². The molecule has 0 aromatic heterocycles. The number of halogens is 4. The average molecular weight is 350 g/mol. The smallest absolute Gasteiger partial charge is 0.380 e. The number of hydrogen-bond donors (Lipinski definition) is 1. The van der Waals surface area contributed by atoms with Crippen LogP contribution in [0.5, 0.6) is 0 Å². The molecule has 0 bridgehead atoms. The van der Waals surface area contributed by atoms with Crippen molar-refractivity contribution in [1.29, 1.82) is 0 Å². The zero-order valence-corrected chi connectivity index (χ0v) is 13.7. The molecule has 0 unspecified atom stereocenters. The van der Waals surface area contributed by atoms with Gasteiger partial charge in [-0.15, -0.1) is 0 Å². The number of carbonyl (C=O) groups excluding carboxylic acids is 1. The number of benzene rings is 1. The molecule has 0 saturated carbocycles. The van der Waals surface area contributed by atoms with Gasteiger partial charge in [-0.25, -0.2) is 0 Å². The van der Waals surface area contributed by atoms with E-state index < -0.39 is 30.0 Å². The van der Waals surface area contributed by atoms with E-state index in [-0.39, 0.29) is 19.0 Å². The Hall–Kier alpha value is -1.27. The first kappa shape index (κ1) is 18.1. The van der Waals surface area contributed by atoms with Crippen LogP contribution in [-0.4, -0.2) is 40.8 Å². The molecule has 0 spiro atoms. The molecule has 1 aromatic carbocycles. The molecule has 1 saturated heterocycles. The van der Waals surface area contributed by atoms with Crippen LogP contribution in [0.4, 0.5) is 13.2 Å². The second kappa shape index (κ2) is 5.98. The quantitative estimate of drug-likeness (QED) is 0.887. The molecule has 3 nitrogen and oxygen atoms in total. The topological polar surface area (TPSA) is 40.5 Å². The minimum Gasteiger partial charge on any atom is -0.380 e. The molecule has 23 heavy (non-hydrogen) atoms. The summed E-state index contributed by atoms with van der Waals surface area (Å²) >= 11 is 5.95. The summed E-state index contributed by atoms with van der Waals surface area (Å²) in [5.74, 6) is -0.274. The fraction of sp³-hybridized carbons (Fsp3) is 0.562. The average Bonchev–Trinajstić information content (AvgIpc) is 2.46. The molecular weight excluding hydrogens is 331 g/mol. The van der Waals surface area contributed by atoms with Crippen molar-refractivity contribution >= 4 is 17.5 Å². The summed E-state index contributed by atoms with van der Waals surface area (Å²) in [7, 11) is 0. The third-order valence-corrected chi connectivity index (χ3v) is 4.72. The first-order chi connectivity index (χ1) is 10.5. The lowest BCUT2D eigenvalue weighted by Gasteiger charge is -2.41. The third kappa shape index (κ3) is 3.48. The lowest BCUT2D eigenvalue weighted by Crippen LogP contribution is -2.56. The maximum absolute atomic E-state index is 12.8. The van der Waals surface area contributed by atoms with Gasteiger partial charge in [0, 0.05) is 31.0 Å². The molecule has 0 aliphatic carbocycles. The Bertz CT molecular complexity index is 593. The van der Waals surface area contributed by atoms with Crippen molar-refractivity contribution in [3.05, 3.63) is 34.9 Å². The van der Waals surface area contributed by atoms with Gasteiger partial charge in [0.2, 0.25) is 5.91 Å². The van der Waals surface area contributed by atoms with Crippen molar-refractivity contribution in [1.82, 2.24) is 4.90 Å². The lowest BCUT2D eigenvalue weighted by atomic mass is 9.81. The number of amides is 1. The van der Waals surface area contributed by atoms with Crippen molar-refractivity contribution in [3.8, 4) is 0 Å². The van der Waals surface area contributed by atoms with Gasteiger partial charge in [0.05, 0.1) is 5.41 Å². The highest BCUT2D eigenvalue weighted by Gasteiger charge is 2.55. The van der Waals surface area contributed by atoms with Gasteiger partial charge >= 0.3 is 6.18 Å². The van der Waals surface area contributed by atoms with Crippen LogP contribution in [0.25, 0.3) is 0 Å². The van der Waals surface area contributed by atoms with Crippen LogP contribution in [0.1, 0.15) is 32.3 Å². The number of nitrogens with zero attached hydrogens (tertiary/aromatic N) is 1. The molecule has 1 heterocycles. The molecule has 2 rings (SSSR count). The molecular formula is C16H19ClF3NO2. The van der Waals surface area contributed by atoms with Crippen LogP contribution in [0.3, 0.4) is 0 Å². The van der Waals surface area contributed by atoms with Crippen LogP contribution in [0, 0.1) is 0 Å². The zero-order valence-electron chi connectivity index (χ0n) is 13.0. The van der Waals surface area contributed by atoms with Gasteiger partial charge in [0.1, 0.15) is 0 Å². The molecule has 1 aliphatic rings. The van der Waals surface area contributed by atoms with Gasteiger partial charge in [-0.1, -0.05) is 23.7 Å². The lowest BCUT2D eigenvalue weighted by molar-refractivity contribution is -0.272. The number of carbonyl (C=O) groups is 1. The summed E-state index contributed by atoms with van der Waals surface area (Å²) < 4.78 is 38.5. The second-order valence-corrected chi connectivity index (χ2v) is 6.89. The zero-order chi connectivity index (χ0) is 17.5. The summed E-state index contributed by atoms with van der Waals surface area (Å²) in [6, 6.07) is 6.86. The van der Waals surface area contributed by atoms with E-state index in [0.29, 0.717) is 10.6 Å². The number of aliphatic hydroxyl groups is 1. The number of piperidine rings is 1. The molecule has 0 radical (unpaired) electrons. The van der Waals surface area contributed by atoms with E-state index in [2.05, 4.69) is 0 Å². The van der Waals surface area contributed by atoms with Crippen molar-refractivity contribution in [2.45, 2.75) is 43.9 Å². The molecule has 1 aliphatic heterocycles. The standard InChI is InChI=1S/C16H19ClF3NO2/c1-14(2,11-4-3-5-12(17)10-11)13(22)21-8-6-15(23,7-9-21)16(18,19)20/h3-5,10,23H,6-9H2,1-2H3. The fourth-order valence-corrected chi connectivity index (χ4v) is 2.95. The van der Waals surface area contributed by atoms with Gasteiger partial charge in [0.25, 0.3) is 0 Å². The molecule has 1 fully saturated rings. The minimum atomic E-state index is -4.68. The van der Waals surface area contributed by atoms with Crippen molar-refractivity contribution in [3.63, 3.8) is 0 Å². The summed E-state index contributed by atoms with van der Waals surface area (Å²) in [5.41, 5.74) is -2.91. The Kier molecular flexibility index (Phi) is 4.70. The predicted molar refractivity (Wildman–Crippen MR) is 81.3 cm³/mol. The number of likely N-dealkylation sites (tertiary alicyclic amines) is 1. The highest BCUT2D eigenvalue weighted by atomic mass is 35.5. The van der Waals surface area contributed by atoms with Gasteiger partial charge in [-0.05, 0) is 31.5 Å². The summed E-state index contributed by atoms with van der Waals surface area (Å²) in [6.07, 6.45) is -5.69. The molecule has 128 valence electrons. The highest BCUT2D eigenvalue weighted by molar-refractivity contribution is 6.30. The maximum atomic E-state index is 12.8. The first-order valence-electron chi connectivity index (χ1n) is 7.32. The van der Waals surface area contributed by atoms with Gasteiger partial charge < -0.3 is 10.0 Å². The van der Waals surface area contributed by atoms with Gasteiger partial charge in [0.15, 0.2) is 5.60 Å². The molecule has 1 amide bonds. The Balaban J connectivity index is 2.13. The summed E-state index contributed by atoms with van der Waals surface area (Å²) in [4.78, 5) is 14.1. The van der Waals surface area contributed by atoms with Crippen molar-refractivity contribution in [2.24, 2.45) is 0 Å². The molecule has 7 heteroatoms. The van der Waals surface area contributed by atoms with E-state index in [0.717, 1.165) is 0 Å². The Morgan fingerprint density at radius 2 is 1.83 bits per heavy atom. The normalized spacial score (nSPS) is 18.8. The molecule has 0 atom stereocenters. The monoisotopic (exact) mass is 349 g/mol. The number of alkyl halides is 3. The Labute approximate surface area is 138 Å². The summed E-state index contributed by atoms with van der Waals surface area (Å²) in [6.45, 7) is 3.18. The Morgan fingerprint density at radius 3 is 2.30 bits per heavy atom. The summed E-state index contributed by atoms with van der Waals surface area (Å²) in [5, 5.41) is 10.2. The van der Waals surface area contributed by atoms with E-state index in [1.54, 1.807) is 38.1 Å². The Morgan fingerprint density at radius 1 is 1.26 bits per heavy atom. The van der Waals surface area contributed by atoms with E-state index in [4.69, 9.17) is 11.6 Å². The fourth-order valence-electron chi connectivity index (χ4n) is 2.76.